The Labute approximate surface area is 107 Å². The maximum absolute atomic E-state index is 11.9. The van der Waals surface area contributed by atoms with Gasteiger partial charge in [-0.2, -0.15) is 0 Å². The number of ether oxygens (including phenoxy) is 2. The molecule has 18 heavy (non-hydrogen) atoms. The molecule has 6 nitrogen and oxygen atoms in total. The van der Waals surface area contributed by atoms with Gasteiger partial charge in [0.15, 0.2) is 0 Å². The van der Waals surface area contributed by atoms with Gasteiger partial charge >= 0.3 is 6.03 Å². The van der Waals surface area contributed by atoms with Crippen molar-refractivity contribution >= 4 is 11.7 Å². The lowest BCUT2D eigenvalue weighted by Crippen LogP contribution is -2.40. The molecule has 100 valence electrons. The summed E-state index contributed by atoms with van der Waals surface area (Å²) in [5.41, 5.74) is 0.622. The van der Waals surface area contributed by atoms with Gasteiger partial charge in [0.2, 0.25) is 5.88 Å². The average Bonchev–Trinajstić information content (AvgIpc) is 2.39. The zero-order chi connectivity index (χ0) is 13.5. The molecule has 0 spiro atoms. The average molecular weight is 253 g/mol. The number of anilines is 1. The SMILES string of the molecule is COC[C@H](C)N(C)C(=O)Nc1ccc(OC)nc1. The van der Waals surface area contributed by atoms with Crippen LogP contribution >= 0.6 is 0 Å². The number of urea groups is 1. The normalized spacial score (nSPS) is 11.8. The number of aromatic nitrogens is 1. The fraction of sp³-hybridized carbons (Fsp3) is 0.500. The van der Waals surface area contributed by atoms with E-state index in [0.717, 1.165) is 0 Å². The van der Waals surface area contributed by atoms with Crippen molar-refractivity contribution in [2.24, 2.45) is 0 Å². The number of carbonyl (C=O) groups excluding carboxylic acids is 1. The summed E-state index contributed by atoms with van der Waals surface area (Å²) in [6, 6.07) is 3.22. The molecule has 0 bridgehead atoms. The van der Waals surface area contributed by atoms with Gasteiger partial charge in [0.1, 0.15) is 0 Å². The van der Waals surface area contributed by atoms with Gasteiger partial charge in [0.05, 0.1) is 31.6 Å². The van der Waals surface area contributed by atoms with Crippen molar-refractivity contribution in [2.75, 3.05) is 33.2 Å². The molecule has 0 aliphatic heterocycles. The summed E-state index contributed by atoms with van der Waals surface area (Å²) in [6.07, 6.45) is 1.55. The minimum Gasteiger partial charge on any atom is -0.481 e. The first-order valence-electron chi connectivity index (χ1n) is 5.61. The molecule has 0 saturated carbocycles. The summed E-state index contributed by atoms with van der Waals surface area (Å²) in [7, 11) is 4.87. The number of pyridine rings is 1. The van der Waals surface area contributed by atoms with Crippen molar-refractivity contribution in [1.82, 2.24) is 9.88 Å². The first-order valence-corrected chi connectivity index (χ1v) is 5.61. The molecule has 6 heteroatoms. The Bertz CT molecular complexity index is 381. The number of nitrogens with one attached hydrogen (secondary N) is 1. The molecular formula is C12H19N3O3. The van der Waals surface area contributed by atoms with Gasteiger partial charge in [-0.3, -0.25) is 0 Å². The summed E-state index contributed by atoms with van der Waals surface area (Å²) < 4.78 is 9.95. The third-order valence-corrected chi connectivity index (χ3v) is 2.59. The van der Waals surface area contributed by atoms with Crippen molar-refractivity contribution in [3.05, 3.63) is 18.3 Å². The second kappa shape index (κ2) is 6.80. The van der Waals surface area contributed by atoms with Crippen molar-refractivity contribution in [1.29, 1.82) is 0 Å². The highest BCUT2D eigenvalue weighted by molar-refractivity contribution is 5.89. The van der Waals surface area contributed by atoms with Gasteiger partial charge in [0, 0.05) is 20.2 Å². The van der Waals surface area contributed by atoms with Gasteiger partial charge in [-0.1, -0.05) is 0 Å². The molecule has 0 fully saturated rings. The molecular weight excluding hydrogens is 234 g/mol. The van der Waals surface area contributed by atoms with Crippen molar-refractivity contribution in [3.63, 3.8) is 0 Å². The number of rotatable bonds is 5. The Balaban J connectivity index is 2.57. The van der Waals surface area contributed by atoms with Crippen molar-refractivity contribution in [2.45, 2.75) is 13.0 Å². The third-order valence-electron chi connectivity index (χ3n) is 2.59. The Morgan fingerprint density at radius 3 is 2.72 bits per heavy atom. The van der Waals surface area contributed by atoms with E-state index in [0.29, 0.717) is 18.2 Å². The molecule has 0 aliphatic rings. The molecule has 0 saturated heterocycles. The van der Waals surface area contributed by atoms with Crippen LogP contribution in [0.15, 0.2) is 18.3 Å². The topological polar surface area (TPSA) is 63.7 Å². The molecule has 1 aromatic heterocycles. The first-order chi connectivity index (χ1) is 8.58. The smallest absolute Gasteiger partial charge is 0.321 e. The minimum atomic E-state index is -0.202. The maximum atomic E-state index is 11.9. The van der Waals surface area contributed by atoms with E-state index in [1.54, 1.807) is 44.5 Å². The minimum absolute atomic E-state index is 0.00112. The van der Waals surface area contributed by atoms with Crippen LogP contribution in [0.5, 0.6) is 5.88 Å². The Kier molecular flexibility index (Phi) is 5.38. The highest BCUT2D eigenvalue weighted by Crippen LogP contribution is 2.11. The monoisotopic (exact) mass is 253 g/mol. The van der Waals surface area contributed by atoms with Crippen LogP contribution in [-0.4, -0.2) is 49.8 Å². The van der Waals surface area contributed by atoms with Crippen LogP contribution in [0.1, 0.15) is 6.92 Å². The molecule has 0 aliphatic carbocycles. The quantitative estimate of drug-likeness (QED) is 0.865. The number of nitrogens with zero attached hydrogens (tertiary/aromatic N) is 2. The van der Waals surface area contributed by atoms with E-state index in [2.05, 4.69) is 10.3 Å². The fourth-order valence-electron chi connectivity index (χ4n) is 1.34. The lowest BCUT2D eigenvalue weighted by atomic mass is 10.3. The van der Waals surface area contributed by atoms with Crippen molar-refractivity contribution in [3.8, 4) is 5.88 Å². The molecule has 0 unspecified atom stereocenters. The summed E-state index contributed by atoms with van der Waals surface area (Å²) in [5.74, 6) is 0.508. The van der Waals surface area contributed by atoms with E-state index in [1.165, 1.54) is 0 Å². The predicted octanol–water partition coefficient (Wildman–Crippen LogP) is 1.59. The number of methoxy groups -OCH3 is 2. The van der Waals surface area contributed by atoms with Crippen LogP contribution in [0.4, 0.5) is 10.5 Å². The summed E-state index contributed by atoms with van der Waals surface area (Å²) in [6.45, 7) is 2.40. The third kappa shape index (κ3) is 3.89. The number of likely N-dealkylation sites (N-methyl/N-ethyl adjacent to an activating group) is 1. The van der Waals surface area contributed by atoms with Gasteiger partial charge in [0.25, 0.3) is 0 Å². The van der Waals surface area contributed by atoms with Gasteiger partial charge in [-0.15, -0.1) is 0 Å². The highest BCUT2D eigenvalue weighted by atomic mass is 16.5. The van der Waals surface area contributed by atoms with Crippen LogP contribution < -0.4 is 10.1 Å². The van der Waals surface area contributed by atoms with E-state index >= 15 is 0 Å². The lowest BCUT2D eigenvalue weighted by molar-refractivity contribution is 0.128. The van der Waals surface area contributed by atoms with Gasteiger partial charge < -0.3 is 19.7 Å². The molecule has 2 amide bonds. The van der Waals surface area contributed by atoms with E-state index in [9.17, 15) is 4.79 Å². The fourth-order valence-corrected chi connectivity index (χ4v) is 1.34. The highest BCUT2D eigenvalue weighted by Gasteiger charge is 2.15. The Morgan fingerprint density at radius 1 is 1.50 bits per heavy atom. The molecule has 1 rings (SSSR count). The van der Waals surface area contributed by atoms with E-state index in [4.69, 9.17) is 9.47 Å². The Morgan fingerprint density at radius 2 is 2.22 bits per heavy atom. The number of hydrogen-bond donors (Lipinski definition) is 1. The van der Waals surface area contributed by atoms with Crippen LogP contribution in [-0.2, 0) is 4.74 Å². The lowest BCUT2D eigenvalue weighted by Gasteiger charge is -2.24. The second-order valence-corrected chi connectivity index (χ2v) is 3.93. The maximum Gasteiger partial charge on any atom is 0.321 e. The van der Waals surface area contributed by atoms with Crippen LogP contribution in [0.2, 0.25) is 0 Å². The second-order valence-electron chi connectivity index (χ2n) is 3.93. The largest absolute Gasteiger partial charge is 0.481 e. The van der Waals surface area contributed by atoms with E-state index in [-0.39, 0.29) is 12.1 Å². The molecule has 1 aromatic rings. The van der Waals surface area contributed by atoms with Gasteiger partial charge in [-0.05, 0) is 13.0 Å². The molecule has 1 N–H and O–H groups in total. The molecule has 1 heterocycles. The number of carbonyl (C=O) groups is 1. The molecule has 0 radical (unpaired) electrons. The van der Waals surface area contributed by atoms with E-state index in [1.807, 2.05) is 6.92 Å². The zero-order valence-electron chi connectivity index (χ0n) is 11.1. The van der Waals surface area contributed by atoms with Gasteiger partial charge in [-0.25, -0.2) is 9.78 Å². The van der Waals surface area contributed by atoms with Crippen molar-refractivity contribution < 1.29 is 14.3 Å². The number of amides is 2. The predicted molar refractivity (Wildman–Crippen MR) is 68.9 cm³/mol. The standard InChI is InChI=1S/C12H19N3O3/c1-9(8-17-3)15(2)12(16)14-10-5-6-11(18-4)13-7-10/h5-7,9H,8H2,1-4H3,(H,14,16)/t9-/m0/s1. The summed E-state index contributed by atoms with van der Waals surface area (Å²) >= 11 is 0. The molecule has 0 aromatic carbocycles. The zero-order valence-corrected chi connectivity index (χ0v) is 11.1. The summed E-state index contributed by atoms with van der Waals surface area (Å²) in [4.78, 5) is 17.5. The first kappa shape index (κ1) is 14.2. The van der Waals surface area contributed by atoms with E-state index < -0.39 is 0 Å². The summed E-state index contributed by atoms with van der Waals surface area (Å²) in [5, 5.41) is 2.75. The van der Waals surface area contributed by atoms with Crippen LogP contribution in [0, 0.1) is 0 Å². The Hall–Kier alpha value is -1.82. The number of hydrogen-bond acceptors (Lipinski definition) is 4. The van der Waals surface area contributed by atoms with Crippen LogP contribution in [0.3, 0.4) is 0 Å². The van der Waals surface area contributed by atoms with Crippen LogP contribution in [0.25, 0.3) is 0 Å². The molecule has 1 atom stereocenters.